The van der Waals surface area contributed by atoms with Crippen LogP contribution in [0.1, 0.15) is 5.56 Å². The minimum Gasteiger partial charge on any atom is -0.382 e. The predicted octanol–water partition coefficient (Wildman–Crippen LogP) is 2.90. The second-order valence-electron chi connectivity index (χ2n) is 3.26. The van der Waals surface area contributed by atoms with Crippen LogP contribution < -0.4 is 5.73 Å². The summed E-state index contributed by atoms with van der Waals surface area (Å²) in [6, 6.07) is 6.86. The Hall–Kier alpha value is -1.83. The number of nitriles is 1. The summed E-state index contributed by atoms with van der Waals surface area (Å²) in [7, 11) is 0. The molecule has 0 radical (unpaired) electrons. The molecule has 0 aliphatic rings. The lowest BCUT2D eigenvalue weighted by Gasteiger charge is -2.03. The van der Waals surface area contributed by atoms with E-state index in [0.29, 0.717) is 21.4 Å². The molecule has 0 unspecified atom stereocenters. The van der Waals surface area contributed by atoms with Gasteiger partial charge in [0.2, 0.25) is 0 Å². The molecule has 2 N–H and O–H groups in total. The molecule has 2 aromatic rings. The van der Waals surface area contributed by atoms with Crippen LogP contribution >= 0.6 is 23.2 Å². The van der Waals surface area contributed by atoms with E-state index in [9.17, 15) is 0 Å². The standard InChI is InChI=1S/C11H6Cl2N4/c12-8-1-6(2-9(13)3-8)11-16-5-7(4-14)10(15)17-11/h1-3,5H,(H2,15,16,17). The van der Waals surface area contributed by atoms with Gasteiger partial charge in [0.25, 0.3) is 0 Å². The van der Waals surface area contributed by atoms with Crippen molar-refractivity contribution in [1.82, 2.24) is 9.97 Å². The fourth-order valence-corrected chi connectivity index (χ4v) is 1.83. The first-order valence-corrected chi connectivity index (χ1v) is 5.35. The third-order valence-corrected chi connectivity index (χ3v) is 2.50. The Morgan fingerprint density at radius 2 is 1.82 bits per heavy atom. The van der Waals surface area contributed by atoms with Gasteiger partial charge < -0.3 is 5.73 Å². The first kappa shape index (κ1) is 11.6. The van der Waals surface area contributed by atoms with Crippen LogP contribution in [-0.4, -0.2) is 9.97 Å². The Kier molecular flexibility index (Phi) is 3.14. The molecule has 0 aliphatic carbocycles. The van der Waals surface area contributed by atoms with Crippen molar-refractivity contribution in [2.24, 2.45) is 0 Å². The average molecular weight is 265 g/mol. The summed E-state index contributed by atoms with van der Waals surface area (Å²) in [6.07, 6.45) is 1.37. The van der Waals surface area contributed by atoms with Crippen LogP contribution in [0.5, 0.6) is 0 Å². The van der Waals surface area contributed by atoms with Gasteiger partial charge in [-0.2, -0.15) is 5.26 Å². The Morgan fingerprint density at radius 3 is 2.35 bits per heavy atom. The quantitative estimate of drug-likeness (QED) is 0.860. The summed E-state index contributed by atoms with van der Waals surface area (Å²) in [4.78, 5) is 8.06. The number of nitrogen functional groups attached to an aromatic ring is 1. The van der Waals surface area contributed by atoms with Gasteiger partial charge in [-0.05, 0) is 18.2 Å². The van der Waals surface area contributed by atoms with E-state index in [1.54, 1.807) is 18.2 Å². The number of hydrogen-bond donors (Lipinski definition) is 1. The highest BCUT2D eigenvalue weighted by molar-refractivity contribution is 6.35. The van der Waals surface area contributed by atoms with E-state index in [1.165, 1.54) is 6.20 Å². The number of hydrogen-bond acceptors (Lipinski definition) is 4. The minimum absolute atomic E-state index is 0.133. The van der Waals surface area contributed by atoms with Crippen molar-refractivity contribution in [1.29, 1.82) is 5.26 Å². The Balaban J connectivity index is 2.54. The van der Waals surface area contributed by atoms with Gasteiger partial charge in [0.1, 0.15) is 17.5 Å². The third-order valence-electron chi connectivity index (χ3n) is 2.06. The van der Waals surface area contributed by atoms with Crippen molar-refractivity contribution in [2.75, 3.05) is 5.73 Å². The van der Waals surface area contributed by atoms with Crippen molar-refractivity contribution >= 4 is 29.0 Å². The van der Waals surface area contributed by atoms with Crippen molar-refractivity contribution < 1.29 is 0 Å². The van der Waals surface area contributed by atoms with E-state index in [2.05, 4.69) is 9.97 Å². The highest BCUT2D eigenvalue weighted by Crippen LogP contribution is 2.25. The number of nitrogens with zero attached hydrogens (tertiary/aromatic N) is 3. The molecule has 1 aromatic heterocycles. The lowest BCUT2D eigenvalue weighted by Crippen LogP contribution is -1.98. The van der Waals surface area contributed by atoms with Crippen molar-refractivity contribution in [2.45, 2.75) is 0 Å². The maximum Gasteiger partial charge on any atom is 0.161 e. The highest BCUT2D eigenvalue weighted by Gasteiger charge is 2.07. The predicted molar refractivity (Wildman–Crippen MR) is 66.6 cm³/mol. The second-order valence-corrected chi connectivity index (χ2v) is 4.14. The Labute approximate surface area is 108 Å². The summed E-state index contributed by atoms with van der Waals surface area (Å²) in [5, 5.41) is 9.69. The second kappa shape index (κ2) is 4.58. The molecule has 0 aliphatic heterocycles. The van der Waals surface area contributed by atoms with Gasteiger partial charge in [0, 0.05) is 15.6 Å². The molecule has 84 valence electrons. The molecular formula is C11H6Cl2N4. The minimum atomic E-state index is 0.133. The zero-order valence-corrected chi connectivity index (χ0v) is 10.00. The van der Waals surface area contributed by atoms with E-state index in [-0.39, 0.29) is 11.4 Å². The molecular weight excluding hydrogens is 259 g/mol. The van der Waals surface area contributed by atoms with Crippen LogP contribution in [0.3, 0.4) is 0 Å². The summed E-state index contributed by atoms with van der Waals surface area (Å²) in [5.41, 5.74) is 6.50. The Bertz CT molecular complexity index is 599. The third kappa shape index (κ3) is 2.47. The van der Waals surface area contributed by atoms with Crippen molar-refractivity contribution in [3.05, 3.63) is 40.0 Å². The van der Waals surface area contributed by atoms with Crippen LogP contribution in [-0.2, 0) is 0 Å². The van der Waals surface area contributed by atoms with Crippen LogP contribution in [0.25, 0.3) is 11.4 Å². The molecule has 17 heavy (non-hydrogen) atoms. The molecule has 0 atom stereocenters. The Morgan fingerprint density at radius 1 is 1.18 bits per heavy atom. The monoisotopic (exact) mass is 264 g/mol. The average Bonchev–Trinajstić information content (AvgIpc) is 2.27. The molecule has 4 nitrogen and oxygen atoms in total. The lowest BCUT2D eigenvalue weighted by molar-refractivity contribution is 1.17. The van der Waals surface area contributed by atoms with Gasteiger partial charge >= 0.3 is 0 Å². The molecule has 0 fully saturated rings. The van der Waals surface area contributed by atoms with Crippen LogP contribution in [0.4, 0.5) is 5.82 Å². The van der Waals surface area contributed by atoms with Gasteiger partial charge in [-0.3, -0.25) is 0 Å². The number of benzene rings is 1. The van der Waals surface area contributed by atoms with E-state index in [4.69, 9.17) is 34.2 Å². The first-order valence-electron chi connectivity index (χ1n) is 4.59. The highest BCUT2D eigenvalue weighted by atomic mass is 35.5. The first-order chi connectivity index (χ1) is 8.10. The zero-order chi connectivity index (χ0) is 12.4. The molecule has 0 saturated carbocycles. The summed E-state index contributed by atoms with van der Waals surface area (Å²) in [5.74, 6) is 0.513. The van der Waals surface area contributed by atoms with Gasteiger partial charge in [-0.1, -0.05) is 23.2 Å². The van der Waals surface area contributed by atoms with Gasteiger partial charge in [-0.25, -0.2) is 9.97 Å². The number of nitrogens with two attached hydrogens (primary N) is 1. The van der Waals surface area contributed by atoms with Gasteiger partial charge in [0.15, 0.2) is 5.82 Å². The largest absolute Gasteiger partial charge is 0.382 e. The SMILES string of the molecule is N#Cc1cnc(-c2cc(Cl)cc(Cl)c2)nc1N. The number of halogens is 2. The van der Waals surface area contributed by atoms with Crippen molar-refractivity contribution in [3.63, 3.8) is 0 Å². The van der Waals surface area contributed by atoms with Crippen LogP contribution in [0, 0.1) is 11.3 Å². The molecule has 0 saturated heterocycles. The molecule has 2 rings (SSSR count). The smallest absolute Gasteiger partial charge is 0.161 e. The molecule has 6 heteroatoms. The fourth-order valence-electron chi connectivity index (χ4n) is 1.30. The van der Waals surface area contributed by atoms with E-state index >= 15 is 0 Å². The van der Waals surface area contributed by atoms with E-state index in [1.807, 2.05) is 6.07 Å². The number of aromatic nitrogens is 2. The van der Waals surface area contributed by atoms with E-state index < -0.39 is 0 Å². The summed E-state index contributed by atoms with van der Waals surface area (Å²) >= 11 is 11.7. The van der Waals surface area contributed by atoms with Crippen LogP contribution in [0.15, 0.2) is 24.4 Å². The molecule has 0 bridgehead atoms. The van der Waals surface area contributed by atoms with Crippen molar-refractivity contribution in [3.8, 4) is 17.5 Å². The maximum absolute atomic E-state index is 8.72. The number of anilines is 1. The zero-order valence-electron chi connectivity index (χ0n) is 8.48. The summed E-state index contributed by atoms with van der Waals surface area (Å²) < 4.78 is 0. The van der Waals surface area contributed by atoms with E-state index in [0.717, 1.165) is 0 Å². The van der Waals surface area contributed by atoms with Crippen LogP contribution in [0.2, 0.25) is 10.0 Å². The molecule has 1 aromatic carbocycles. The lowest BCUT2D eigenvalue weighted by atomic mass is 10.2. The normalized spacial score (nSPS) is 9.94. The molecule has 1 heterocycles. The maximum atomic E-state index is 8.72. The number of rotatable bonds is 1. The fraction of sp³-hybridized carbons (Fsp3) is 0. The topological polar surface area (TPSA) is 75.6 Å². The molecule has 0 amide bonds. The van der Waals surface area contributed by atoms with Gasteiger partial charge in [-0.15, -0.1) is 0 Å². The molecule has 0 spiro atoms. The van der Waals surface area contributed by atoms with Gasteiger partial charge in [0.05, 0.1) is 6.20 Å². The summed E-state index contributed by atoms with van der Waals surface area (Å²) in [6.45, 7) is 0.